The van der Waals surface area contributed by atoms with Gasteiger partial charge >= 0.3 is 6.03 Å². The maximum atomic E-state index is 12.5. The molecule has 0 atom stereocenters. The average molecular weight is 377 g/mol. The number of hydrogen-bond acceptors (Lipinski definition) is 4. The van der Waals surface area contributed by atoms with Crippen molar-refractivity contribution in [1.82, 2.24) is 9.88 Å². The second-order valence-corrected chi connectivity index (χ2v) is 6.06. The number of non-ortho nitro benzene ring substituents is 1. The van der Waals surface area contributed by atoms with Gasteiger partial charge in [0.15, 0.2) is 0 Å². The van der Waals surface area contributed by atoms with E-state index >= 15 is 0 Å². The fraction of sp³-hybridized carbons (Fsp3) is 0.200. The number of nitro benzene ring substituents is 1. The van der Waals surface area contributed by atoms with E-state index in [1.165, 1.54) is 12.1 Å². The number of carbonyl (C=O) groups is 1. The minimum Gasteiger partial charge on any atom is -0.318 e. The zero-order chi connectivity index (χ0) is 16.4. The number of pyridine rings is 1. The van der Waals surface area contributed by atoms with Crippen LogP contribution in [0.15, 0.2) is 47.2 Å². The number of anilines is 1. The lowest BCUT2D eigenvalue weighted by Gasteiger charge is -2.18. The molecule has 0 radical (unpaired) electrons. The molecule has 0 unspecified atom stereocenters. The minimum absolute atomic E-state index is 0.0298. The summed E-state index contributed by atoms with van der Waals surface area (Å²) in [5.41, 5.74) is 1.50. The van der Waals surface area contributed by atoms with Crippen LogP contribution in [-0.2, 0) is 6.54 Å². The number of amides is 2. The van der Waals surface area contributed by atoms with Crippen molar-refractivity contribution in [2.24, 2.45) is 0 Å². The van der Waals surface area contributed by atoms with Gasteiger partial charge in [-0.25, -0.2) is 4.79 Å². The molecule has 1 aliphatic heterocycles. The van der Waals surface area contributed by atoms with Crippen LogP contribution in [0.3, 0.4) is 0 Å². The van der Waals surface area contributed by atoms with E-state index in [0.717, 1.165) is 15.7 Å². The summed E-state index contributed by atoms with van der Waals surface area (Å²) < 4.78 is 0.805. The third-order valence-corrected chi connectivity index (χ3v) is 4.03. The van der Waals surface area contributed by atoms with Crippen molar-refractivity contribution in [2.45, 2.75) is 6.54 Å². The van der Waals surface area contributed by atoms with Gasteiger partial charge in [0.25, 0.3) is 5.69 Å². The van der Waals surface area contributed by atoms with E-state index in [1.54, 1.807) is 34.3 Å². The highest BCUT2D eigenvalue weighted by Gasteiger charge is 2.30. The molecule has 3 rings (SSSR count). The Balaban J connectivity index is 1.75. The highest BCUT2D eigenvalue weighted by atomic mass is 79.9. The SMILES string of the molecule is O=C1N(Cc2cccc([N+](=O)[O-])c2)CCN1c1cncc(Br)c1. The first-order valence-corrected chi connectivity index (χ1v) is 7.74. The summed E-state index contributed by atoms with van der Waals surface area (Å²) in [5.74, 6) is 0. The quantitative estimate of drug-likeness (QED) is 0.606. The molecule has 2 heterocycles. The molecule has 1 fully saturated rings. The monoisotopic (exact) mass is 376 g/mol. The van der Waals surface area contributed by atoms with Crippen LogP contribution in [-0.4, -0.2) is 33.9 Å². The molecule has 0 spiro atoms. The first-order chi connectivity index (χ1) is 11.0. The van der Waals surface area contributed by atoms with Gasteiger partial charge in [0.05, 0.1) is 16.8 Å². The van der Waals surface area contributed by atoms with E-state index in [9.17, 15) is 14.9 Å². The van der Waals surface area contributed by atoms with E-state index in [4.69, 9.17) is 0 Å². The predicted molar refractivity (Wildman–Crippen MR) is 88.2 cm³/mol. The number of halogens is 1. The molecule has 0 saturated carbocycles. The number of aromatic nitrogens is 1. The maximum Gasteiger partial charge on any atom is 0.324 e. The summed E-state index contributed by atoms with van der Waals surface area (Å²) in [6.07, 6.45) is 3.30. The van der Waals surface area contributed by atoms with E-state index in [-0.39, 0.29) is 11.7 Å². The fourth-order valence-corrected chi connectivity index (χ4v) is 2.86. The Kier molecular flexibility index (Phi) is 4.24. The van der Waals surface area contributed by atoms with Crippen LogP contribution in [0.4, 0.5) is 16.2 Å². The topological polar surface area (TPSA) is 79.6 Å². The molecule has 0 bridgehead atoms. The number of benzene rings is 1. The molecule has 0 N–H and O–H groups in total. The Bertz CT molecular complexity index is 768. The van der Waals surface area contributed by atoms with Gasteiger partial charge in [0.2, 0.25) is 0 Å². The number of nitrogens with zero attached hydrogens (tertiary/aromatic N) is 4. The van der Waals surface area contributed by atoms with Gasteiger partial charge in [0, 0.05) is 42.4 Å². The first-order valence-electron chi connectivity index (χ1n) is 6.95. The van der Waals surface area contributed by atoms with Crippen LogP contribution in [0.1, 0.15) is 5.56 Å². The summed E-state index contributed by atoms with van der Waals surface area (Å²) in [5, 5.41) is 10.8. The zero-order valence-corrected chi connectivity index (χ0v) is 13.6. The van der Waals surface area contributed by atoms with Crippen molar-refractivity contribution >= 4 is 33.3 Å². The summed E-state index contributed by atoms with van der Waals surface area (Å²) in [4.78, 5) is 30.3. The number of carbonyl (C=O) groups excluding carboxylic acids is 1. The van der Waals surface area contributed by atoms with Gasteiger partial charge in [0.1, 0.15) is 0 Å². The molecular formula is C15H13BrN4O3. The van der Waals surface area contributed by atoms with Gasteiger partial charge in [-0.3, -0.25) is 20.0 Å². The van der Waals surface area contributed by atoms with Crippen molar-refractivity contribution in [2.75, 3.05) is 18.0 Å². The summed E-state index contributed by atoms with van der Waals surface area (Å²) in [6, 6.07) is 8.05. The second kappa shape index (κ2) is 6.33. The van der Waals surface area contributed by atoms with Crippen LogP contribution in [0.2, 0.25) is 0 Å². The van der Waals surface area contributed by atoms with Crippen molar-refractivity contribution in [3.63, 3.8) is 0 Å². The van der Waals surface area contributed by atoms with Crippen LogP contribution < -0.4 is 4.90 Å². The first kappa shape index (κ1) is 15.4. The molecule has 1 aliphatic rings. The summed E-state index contributed by atoms with van der Waals surface area (Å²) in [6.45, 7) is 1.47. The average Bonchev–Trinajstić information content (AvgIpc) is 2.88. The van der Waals surface area contributed by atoms with Crippen LogP contribution in [0, 0.1) is 10.1 Å². The highest BCUT2D eigenvalue weighted by Crippen LogP contribution is 2.24. The number of nitro groups is 1. The van der Waals surface area contributed by atoms with Crippen molar-refractivity contribution in [3.8, 4) is 0 Å². The minimum atomic E-state index is -0.436. The van der Waals surface area contributed by atoms with Gasteiger partial charge in [-0.1, -0.05) is 12.1 Å². The van der Waals surface area contributed by atoms with Crippen LogP contribution >= 0.6 is 15.9 Å². The molecule has 2 amide bonds. The molecule has 1 saturated heterocycles. The molecule has 1 aromatic heterocycles. The highest BCUT2D eigenvalue weighted by molar-refractivity contribution is 9.10. The van der Waals surface area contributed by atoms with Crippen LogP contribution in [0.25, 0.3) is 0 Å². The summed E-state index contributed by atoms with van der Waals surface area (Å²) in [7, 11) is 0. The fourth-order valence-electron chi connectivity index (χ4n) is 2.51. The zero-order valence-electron chi connectivity index (χ0n) is 12.1. The van der Waals surface area contributed by atoms with Crippen molar-refractivity contribution in [1.29, 1.82) is 0 Å². The van der Waals surface area contributed by atoms with Gasteiger partial charge in [-0.15, -0.1) is 0 Å². The van der Waals surface area contributed by atoms with Crippen molar-refractivity contribution in [3.05, 3.63) is 62.9 Å². The van der Waals surface area contributed by atoms with Crippen LogP contribution in [0.5, 0.6) is 0 Å². The van der Waals surface area contributed by atoms with Crippen molar-refractivity contribution < 1.29 is 9.72 Å². The Morgan fingerprint density at radius 3 is 2.83 bits per heavy atom. The summed E-state index contributed by atoms with van der Waals surface area (Å²) >= 11 is 3.34. The van der Waals surface area contributed by atoms with E-state index in [1.807, 2.05) is 6.07 Å². The lowest BCUT2D eigenvalue weighted by Crippen LogP contribution is -2.31. The molecule has 2 aromatic rings. The third-order valence-electron chi connectivity index (χ3n) is 3.59. The standard InChI is InChI=1S/C15H13BrN4O3/c16-12-7-14(9-17-8-12)19-5-4-18(15(19)21)10-11-2-1-3-13(6-11)20(22)23/h1-3,6-9H,4-5,10H2. The van der Waals surface area contributed by atoms with Gasteiger partial charge in [-0.05, 0) is 27.6 Å². The van der Waals surface area contributed by atoms with E-state index in [0.29, 0.717) is 19.6 Å². The normalized spacial score (nSPS) is 14.4. The Morgan fingerprint density at radius 1 is 1.26 bits per heavy atom. The second-order valence-electron chi connectivity index (χ2n) is 5.14. The molecule has 23 heavy (non-hydrogen) atoms. The predicted octanol–water partition coefficient (Wildman–Crippen LogP) is 3.19. The van der Waals surface area contributed by atoms with E-state index in [2.05, 4.69) is 20.9 Å². The van der Waals surface area contributed by atoms with Gasteiger partial charge in [-0.2, -0.15) is 0 Å². The smallest absolute Gasteiger partial charge is 0.318 e. The molecule has 118 valence electrons. The lowest BCUT2D eigenvalue weighted by molar-refractivity contribution is -0.384. The largest absolute Gasteiger partial charge is 0.324 e. The Morgan fingerprint density at radius 2 is 2.09 bits per heavy atom. The number of hydrogen-bond donors (Lipinski definition) is 0. The number of rotatable bonds is 4. The number of urea groups is 1. The lowest BCUT2D eigenvalue weighted by atomic mass is 10.2. The molecular weight excluding hydrogens is 364 g/mol. The third kappa shape index (κ3) is 3.31. The molecule has 1 aromatic carbocycles. The molecule has 8 heteroatoms. The maximum absolute atomic E-state index is 12.5. The Labute approximate surface area is 140 Å². The van der Waals surface area contributed by atoms with E-state index < -0.39 is 4.92 Å². The van der Waals surface area contributed by atoms with Gasteiger partial charge < -0.3 is 4.90 Å². The Hall–Kier alpha value is -2.48. The molecule has 7 nitrogen and oxygen atoms in total. The molecule has 0 aliphatic carbocycles.